The van der Waals surface area contributed by atoms with Crippen molar-refractivity contribution in [2.45, 2.75) is 52.0 Å². The lowest BCUT2D eigenvalue weighted by atomic mass is 9.78. The second-order valence-electron chi connectivity index (χ2n) is 6.62. The van der Waals surface area contributed by atoms with Crippen LogP contribution < -0.4 is 5.32 Å². The third-order valence-corrected chi connectivity index (χ3v) is 5.19. The average molecular weight is 255 g/mol. The predicted molar refractivity (Wildman–Crippen MR) is 73.5 cm³/mol. The maximum Gasteiger partial charge on any atom is 0.0536 e. The van der Waals surface area contributed by atoms with E-state index in [1.54, 1.807) is 0 Å². The standard InChI is InChI=1S/C15H29NO2/c1-12-3-4-14(9-13(12)2)16-10-15(5-7-17)6-8-18-11-15/h12-14,16-17H,3-11H2,1-2H3. The van der Waals surface area contributed by atoms with Gasteiger partial charge in [-0.1, -0.05) is 13.8 Å². The largest absolute Gasteiger partial charge is 0.396 e. The molecule has 2 rings (SSSR count). The molecule has 1 saturated carbocycles. The number of rotatable bonds is 5. The van der Waals surface area contributed by atoms with E-state index in [-0.39, 0.29) is 12.0 Å². The third kappa shape index (κ3) is 3.46. The van der Waals surface area contributed by atoms with E-state index in [4.69, 9.17) is 4.74 Å². The molecule has 4 unspecified atom stereocenters. The maximum absolute atomic E-state index is 9.22. The molecule has 0 radical (unpaired) electrons. The Hall–Kier alpha value is -0.120. The SMILES string of the molecule is CC1CCC(NCC2(CCO)CCOC2)CC1C. The molecule has 1 aliphatic carbocycles. The van der Waals surface area contributed by atoms with Crippen LogP contribution in [-0.2, 0) is 4.74 Å². The zero-order chi connectivity index (χ0) is 13.0. The first-order valence-corrected chi connectivity index (χ1v) is 7.57. The van der Waals surface area contributed by atoms with Crippen molar-refractivity contribution in [1.29, 1.82) is 0 Å². The summed E-state index contributed by atoms with van der Waals surface area (Å²) < 4.78 is 5.54. The molecule has 4 atom stereocenters. The topological polar surface area (TPSA) is 41.5 Å². The van der Waals surface area contributed by atoms with Gasteiger partial charge >= 0.3 is 0 Å². The fourth-order valence-corrected chi connectivity index (χ4v) is 3.41. The third-order valence-electron chi connectivity index (χ3n) is 5.19. The molecule has 0 aromatic rings. The molecule has 106 valence electrons. The van der Waals surface area contributed by atoms with Gasteiger partial charge in [0.2, 0.25) is 0 Å². The van der Waals surface area contributed by atoms with Crippen molar-refractivity contribution in [2.24, 2.45) is 17.3 Å². The highest BCUT2D eigenvalue weighted by atomic mass is 16.5. The lowest BCUT2D eigenvalue weighted by Gasteiger charge is -2.35. The predicted octanol–water partition coefficient (Wildman–Crippen LogP) is 2.19. The summed E-state index contributed by atoms with van der Waals surface area (Å²) in [5, 5.41) is 13.0. The molecule has 0 amide bonds. The Morgan fingerprint density at radius 1 is 1.28 bits per heavy atom. The van der Waals surface area contributed by atoms with Crippen molar-refractivity contribution in [3.8, 4) is 0 Å². The summed E-state index contributed by atoms with van der Waals surface area (Å²) in [6.07, 6.45) is 5.93. The second-order valence-corrected chi connectivity index (χ2v) is 6.62. The fourth-order valence-electron chi connectivity index (χ4n) is 3.41. The molecular formula is C15H29NO2. The van der Waals surface area contributed by atoms with Gasteiger partial charge in [-0.2, -0.15) is 0 Å². The summed E-state index contributed by atoms with van der Waals surface area (Å²) in [5.74, 6) is 1.72. The average Bonchev–Trinajstić information content (AvgIpc) is 2.80. The van der Waals surface area contributed by atoms with Gasteiger partial charge in [-0.15, -0.1) is 0 Å². The zero-order valence-corrected chi connectivity index (χ0v) is 12.0. The number of aliphatic hydroxyl groups is 1. The molecule has 1 aliphatic heterocycles. The molecule has 18 heavy (non-hydrogen) atoms. The highest BCUT2D eigenvalue weighted by Gasteiger charge is 2.35. The molecule has 2 N–H and O–H groups in total. The quantitative estimate of drug-likeness (QED) is 0.791. The number of hydrogen-bond acceptors (Lipinski definition) is 3. The van der Waals surface area contributed by atoms with Crippen LogP contribution >= 0.6 is 0 Å². The van der Waals surface area contributed by atoms with Gasteiger partial charge in [-0.25, -0.2) is 0 Å². The van der Waals surface area contributed by atoms with E-state index in [0.29, 0.717) is 6.04 Å². The zero-order valence-electron chi connectivity index (χ0n) is 12.0. The highest BCUT2D eigenvalue weighted by Crippen LogP contribution is 2.33. The Labute approximate surface area is 111 Å². The van der Waals surface area contributed by atoms with E-state index < -0.39 is 0 Å². The summed E-state index contributed by atoms with van der Waals surface area (Å²) in [7, 11) is 0. The lowest BCUT2D eigenvalue weighted by Crippen LogP contribution is -2.43. The van der Waals surface area contributed by atoms with Crippen molar-refractivity contribution >= 4 is 0 Å². The lowest BCUT2D eigenvalue weighted by molar-refractivity contribution is 0.116. The van der Waals surface area contributed by atoms with E-state index in [1.807, 2.05) is 0 Å². The van der Waals surface area contributed by atoms with Gasteiger partial charge in [0.05, 0.1) is 6.61 Å². The van der Waals surface area contributed by atoms with Crippen LogP contribution in [0.2, 0.25) is 0 Å². The van der Waals surface area contributed by atoms with E-state index in [9.17, 15) is 5.11 Å². The van der Waals surface area contributed by atoms with Crippen LogP contribution in [0.25, 0.3) is 0 Å². The normalized spacial score (nSPS) is 41.2. The summed E-state index contributed by atoms with van der Waals surface area (Å²) in [5.41, 5.74) is 0.195. The molecule has 0 aromatic heterocycles. The van der Waals surface area contributed by atoms with Gasteiger partial charge in [0.1, 0.15) is 0 Å². The van der Waals surface area contributed by atoms with Crippen molar-refractivity contribution in [3.05, 3.63) is 0 Å². The monoisotopic (exact) mass is 255 g/mol. The maximum atomic E-state index is 9.22. The van der Waals surface area contributed by atoms with Crippen LogP contribution in [0.3, 0.4) is 0 Å². The first-order chi connectivity index (χ1) is 8.65. The van der Waals surface area contributed by atoms with E-state index >= 15 is 0 Å². The summed E-state index contributed by atoms with van der Waals surface area (Å²) in [6.45, 7) is 7.72. The van der Waals surface area contributed by atoms with Crippen LogP contribution in [0.5, 0.6) is 0 Å². The van der Waals surface area contributed by atoms with Crippen LogP contribution in [0, 0.1) is 17.3 Å². The van der Waals surface area contributed by atoms with Gasteiger partial charge in [-0.05, 0) is 43.9 Å². The van der Waals surface area contributed by atoms with Crippen molar-refractivity contribution in [1.82, 2.24) is 5.32 Å². The van der Waals surface area contributed by atoms with Gasteiger partial charge in [0.25, 0.3) is 0 Å². The van der Waals surface area contributed by atoms with Crippen LogP contribution in [0.1, 0.15) is 46.0 Å². The number of aliphatic hydroxyl groups excluding tert-OH is 1. The molecule has 2 aliphatic rings. The molecule has 1 heterocycles. The Morgan fingerprint density at radius 3 is 2.72 bits per heavy atom. The van der Waals surface area contributed by atoms with E-state index in [1.165, 1.54) is 19.3 Å². The van der Waals surface area contributed by atoms with Crippen LogP contribution in [0.4, 0.5) is 0 Å². The van der Waals surface area contributed by atoms with E-state index in [2.05, 4.69) is 19.2 Å². The summed E-state index contributed by atoms with van der Waals surface area (Å²) in [4.78, 5) is 0. The van der Waals surface area contributed by atoms with E-state index in [0.717, 1.165) is 44.4 Å². The van der Waals surface area contributed by atoms with Crippen molar-refractivity contribution in [3.63, 3.8) is 0 Å². The molecule has 2 fully saturated rings. The highest BCUT2D eigenvalue weighted by molar-refractivity contribution is 4.88. The molecule has 1 saturated heterocycles. The molecule has 0 bridgehead atoms. The minimum absolute atomic E-state index is 0.195. The molecule has 0 spiro atoms. The fraction of sp³-hybridized carbons (Fsp3) is 1.00. The van der Waals surface area contributed by atoms with Gasteiger partial charge in [0, 0.05) is 31.2 Å². The molecular weight excluding hydrogens is 226 g/mol. The number of hydrogen-bond donors (Lipinski definition) is 2. The number of ether oxygens (including phenoxy) is 1. The molecule has 3 nitrogen and oxygen atoms in total. The van der Waals surface area contributed by atoms with Gasteiger partial charge < -0.3 is 15.2 Å². The number of nitrogens with one attached hydrogen (secondary N) is 1. The summed E-state index contributed by atoms with van der Waals surface area (Å²) in [6, 6.07) is 0.673. The minimum Gasteiger partial charge on any atom is -0.396 e. The van der Waals surface area contributed by atoms with Crippen LogP contribution in [0.15, 0.2) is 0 Å². The molecule has 3 heteroatoms. The Bertz CT molecular complexity index is 251. The Kier molecular flexibility index (Phi) is 5.05. The Balaban J connectivity index is 1.79. The molecule has 0 aromatic carbocycles. The second kappa shape index (κ2) is 6.36. The first kappa shape index (κ1) is 14.3. The first-order valence-electron chi connectivity index (χ1n) is 7.57. The minimum atomic E-state index is 0.195. The smallest absolute Gasteiger partial charge is 0.0536 e. The van der Waals surface area contributed by atoms with Crippen molar-refractivity contribution in [2.75, 3.05) is 26.4 Å². The van der Waals surface area contributed by atoms with Crippen molar-refractivity contribution < 1.29 is 9.84 Å². The summed E-state index contributed by atoms with van der Waals surface area (Å²) >= 11 is 0. The van der Waals surface area contributed by atoms with Gasteiger partial charge in [-0.3, -0.25) is 0 Å². The Morgan fingerprint density at radius 2 is 2.11 bits per heavy atom. The van der Waals surface area contributed by atoms with Gasteiger partial charge in [0.15, 0.2) is 0 Å². The van der Waals surface area contributed by atoms with Crippen LogP contribution in [-0.4, -0.2) is 37.5 Å².